The van der Waals surface area contributed by atoms with Gasteiger partial charge in [-0.15, -0.1) is 11.3 Å². The lowest BCUT2D eigenvalue weighted by Crippen LogP contribution is -2.26. The molecule has 0 bridgehead atoms. The summed E-state index contributed by atoms with van der Waals surface area (Å²) in [5.41, 5.74) is 2.21. The Labute approximate surface area is 131 Å². The highest BCUT2D eigenvalue weighted by Crippen LogP contribution is 2.44. The van der Waals surface area contributed by atoms with Gasteiger partial charge in [-0.25, -0.2) is 0 Å². The Morgan fingerprint density at radius 2 is 2.14 bits per heavy atom. The van der Waals surface area contributed by atoms with Crippen molar-refractivity contribution in [1.82, 2.24) is 0 Å². The minimum absolute atomic E-state index is 0.0671. The summed E-state index contributed by atoms with van der Waals surface area (Å²) in [6.07, 6.45) is 3.60. The number of rotatable bonds is 2. The van der Waals surface area contributed by atoms with Crippen molar-refractivity contribution in [2.45, 2.75) is 53.4 Å². The Hall–Kier alpha value is -1.34. The summed E-state index contributed by atoms with van der Waals surface area (Å²) in [6, 6.07) is 2.33. The maximum Gasteiger partial charge on any atom is 0.227 e. The Bertz CT molecular complexity index is 589. The Morgan fingerprint density at radius 1 is 1.48 bits per heavy atom. The van der Waals surface area contributed by atoms with E-state index in [9.17, 15) is 10.1 Å². The van der Waals surface area contributed by atoms with Gasteiger partial charge in [-0.05, 0) is 36.2 Å². The van der Waals surface area contributed by atoms with Crippen LogP contribution in [0.5, 0.6) is 0 Å². The van der Waals surface area contributed by atoms with Crippen molar-refractivity contribution in [1.29, 1.82) is 5.26 Å². The molecule has 114 valence electrons. The van der Waals surface area contributed by atoms with Crippen LogP contribution < -0.4 is 4.90 Å². The highest BCUT2D eigenvalue weighted by atomic mass is 32.1. The molecule has 1 atom stereocenters. The molecule has 0 aliphatic heterocycles. The number of hydrogen-bond donors (Lipinski definition) is 0. The van der Waals surface area contributed by atoms with Gasteiger partial charge in [0.15, 0.2) is 0 Å². The first-order valence-corrected chi connectivity index (χ1v) is 8.42. The monoisotopic (exact) mass is 304 g/mol. The molecule has 21 heavy (non-hydrogen) atoms. The van der Waals surface area contributed by atoms with E-state index >= 15 is 0 Å². The quantitative estimate of drug-likeness (QED) is 0.824. The molecule has 0 fully saturated rings. The molecule has 1 unspecified atom stereocenters. The van der Waals surface area contributed by atoms with Gasteiger partial charge < -0.3 is 4.90 Å². The van der Waals surface area contributed by atoms with Crippen LogP contribution >= 0.6 is 11.3 Å². The van der Waals surface area contributed by atoms with Crippen LogP contribution in [0.2, 0.25) is 0 Å². The second kappa shape index (κ2) is 5.81. The standard InChI is InChI=1S/C17H24N2OS/c1-6-15(20)19(5)16-13(10-18)12-8-7-11(17(2,3)4)9-14(12)21-16/h11H,6-9H2,1-5H3. The average Bonchev–Trinajstić information content (AvgIpc) is 2.82. The molecule has 0 radical (unpaired) electrons. The summed E-state index contributed by atoms with van der Waals surface area (Å²) in [5, 5.41) is 10.3. The number of nitriles is 1. The normalized spacial score (nSPS) is 18.0. The zero-order valence-electron chi connectivity index (χ0n) is 13.6. The largest absolute Gasteiger partial charge is 0.306 e. The first-order valence-electron chi connectivity index (χ1n) is 7.60. The van der Waals surface area contributed by atoms with Crippen LogP contribution in [0.1, 0.15) is 56.5 Å². The van der Waals surface area contributed by atoms with Crippen molar-refractivity contribution in [2.24, 2.45) is 11.3 Å². The summed E-state index contributed by atoms with van der Waals surface area (Å²) in [5.74, 6) is 0.715. The number of hydrogen-bond acceptors (Lipinski definition) is 3. The van der Waals surface area contributed by atoms with E-state index in [1.165, 1.54) is 10.4 Å². The van der Waals surface area contributed by atoms with E-state index in [1.807, 2.05) is 6.92 Å². The summed E-state index contributed by atoms with van der Waals surface area (Å²) in [4.78, 5) is 14.9. The minimum Gasteiger partial charge on any atom is -0.306 e. The van der Waals surface area contributed by atoms with Gasteiger partial charge in [0, 0.05) is 18.3 Å². The van der Waals surface area contributed by atoms with E-state index in [2.05, 4.69) is 26.8 Å². The van der Waals surface area contributed by atoms with Crippen LogP contribution in [-0.4, -0.2) is 13.0 Å². The van der Waals surface area contributed by atoms with Crippen LogP contribution in [0.4, 0.5) is 5.00 Å². The van der Waals surface area contributed by atoms with Gasteiger partial charge in [0.05, 0.1) is 5.56 Å². The molecule has 0 saturated heterocycles. The summed E-state index contributed by atoms with van der Waals surface area (Å²) < 4.78 is 0. The fourth-order valence-corrected chi connectivity index (χ4v) is 4.37. The molecule has 1 aromatic rings. The molecule has 3 nitrogen and oxygen atoms in total. The second-order valence-electron chi connectivity index (χ2n) is 6.91. The molecule has 1 heterocycles. The third-order valence-electron chi connectivity index (χ3n) is 4.56. The van der Waals surface area contributed by atoms with Crippen LogP contribution in [0.25, 0.3) is 0 Å². The highest BCUT2D eigenvalue weighted by Gasteiger charge is 2.33. The number of carbonyl (C=O) groups is 1. The minimum atomic E-state index is 0.0671. The lowest BCUT2D eigenvalue weighted by atomic mass is 9.72. The lowest BCUT2D eigenvalue weighted by Gasteiger charge is -2.33. The van der Waals surface area contributed by atoms with Gasteiger partial charge >= 0.3 is 0 Å². The predicted octanol–water partition coefficient (Wildman–Crippen LogP) is 4.14. The van der Waals surface area contributed by atoms with Crippen LogP contribution in [0.15, 0.2) is 0 Å². The molecule has 1 aromatic heterocycles. The number of thiophene rings is 1. The van der Waals surface area contributed by atoms with E-state index in [0.29, 0.717) is 17.8 Å². The number of amides is 1. The SMILES string of the molecule is CCC(=O)N(C)c1sc2c(c1C#N)CCC(C(C)(C)C)C2. The fourth-order valence-electron chi connectivity index (χ4n) is 3.01. The Morgan fingerprint density at radius 3 is 2.67 bits per heavy atom. The number of fused-ring (bicyclic) bond motifs is 1. The topological polar surface area (TPSA) is 44.1 Å². The van der Waals surface area contributed by atoms with Gasteiger partial charge in [0.25, 0.3) is 0 Å². The fraction of sp³-hybridized carbons (Fsp3) is 0.647. The average molecular weight is 304 g/mol. The summed E-state index contributed by atoms with van der Waals surface area (Å²) in [7, 11) is 1.78. The first-order chi connectivity index (χ1) is 9.79. The van der Waals surface area contributed by atoms with E-state index in [4.69, 9.17) is 0 Å². The Kier molecular flexibility index (Phi) is 4.43. The van der Waals surface area contributed by atoms with E-state index in [-0.39, 0.29) is 5.91 Å². The van der Waals surface area contributed by atoms with Crippen molar-refractivity contribution in [2.75, 3.05) is 11.9 Å². The maximum atomic E-state index is 11.9. The van der Waals surface area contributed by atoms with E-state index in [0.717, 1.165) is 29.8 Å². The number of nitrogens with zero attached hydrogens (tertiary/aromatic N) is 2. The molecule has 0 saturated carbocycles. The molecular formula is C17H24N2OS. The molecule has 1 aliphatic carbocycles. The third kappa shape index (κ3) is 2.98. The van der Waals surface area contributed by atoms with Crippen LogP contribution in [0.3, 0.4) is 0 Å². The molecule has 0 spiro atoms. The van der Waals surface area contributed by atoms with Gasteiger partial charge in [-0.2, -0.15) is 5.26 Å². The second-order valence-corrected chi connectivity index (χ2v) is 7.99. The molecular weight excluding hydrogens is 280 g/mol. The molecule has 2 rings (SSSR count). The third-order valence-corrected chi connectivity index (χ3v) is 5.90. The van der Waals surface area contributed by atoms with Gasteiger partial charge in [0.1, 0.15) is 11.1 Å². The molecule has 4 heteroatoms. The van der Waals surface area contributed by atoms with Crippen LogP contribution in [0, 0.1) is 22.7 Å². The lowest BCUT2D eigenvalue weighted by molar-refractivity contribution is -0.118. The zero-order valence-corrected chi connectivity index (χ0v) is 14.4. The molecule has 0 aromatic carbocycles. The predicted molar refractivity (Wildman–Crippen MR) is 87.7 cm³/mol. The van der Waals surface area contributed by atoms with Crippen LogP contribution in [-0.2, 0) is 17.6 Å². The van der Waals surface area contributed by atoms with Gasteiger partial charge in [-0.1, -0.05) is 27.7 Å². The van der Waals surface area contributed by atoms with Crippen molar-refractivity contribution >= 4 is 22.2 Å². The first kappa shape index (κ1) is 16.0. The summed E-state index contributed by atoms with van der Waals surface area (Å²) >= 11 is 1.64. The van der Waals surface area contributed by atoms with Crippen molar-refractivity contribution in [3.8, 4) is 6.07 Å². The van der Waals surface area contributed by atoms with Gasteiger partial charge in [0.2, 0.25) is 5.91 Å². The summed E-state index contributed by atoms with van der Waals surface area (Å²) in [6.45, 7) is 8.72. The molecule has 1 aliphatic rings. The van der Waals surface area contributed by atoms with Crippen molar-refractivity contribution < 1.29 is 4.79 Å². The van der Waals surface area contributed by atoms with Crippen molar-refractivity contribution in [3.63, 3.8) is 0 Å². The van der Waals surface area contributed by atoms with E-state index in [1.54, 1.807) is 23.3 Å². The van der Waals surface area contributed by atoms with Gasteiger partial charge in [-0.3, -0.25) is 4.79 Å². The Balaban J connectivity index is 2.39. The highest BCUT2D eigenvalue weighted by molar-refractivity contribution is 7.16. The number of anilines is 1. The van der Waals surface area contributed by atoms with E-state index < -0.39 is 0 Å². The van der Waals surface area contributed by atoms with Crippen molar-refractivity contribution in [3.05, 3.63) is 16.0 Å². The smallest absolute Gasteiger partial charge is 0.227 e. The zero-order chi connectivity index (χ0) is 15.8. The molecule has 0 N–H and O–H groups in total. The number of carbonyl (C=O) groups excluding carboxylic acids is 1. The molecule has 1 amide bonds. The maximum absolute atomic E-state index is 11.9.